The van der Waals surface area contributed by atoms with E-state index in [-0.39, 0.29) is 12.3 Å². The molecule has 0 bridgehead atoms. The second-order valence-electron chi connectivity index (χ2n) is 7.00. The van der Waals surface area contributed by atoms with Gasteiger partial charge in [0.2, 0.25) is 11.8 Å². The number of nitrogens with one attached hydrogen (secondary N) is 1. The number of nitrogens with zero attached hydrogens (tertiary/aromatic N) is 1. The maximum absolute atomic E-state index is 12.4. The summed E-state index contributed by atoms with van der Waals surface area (Å²) in [5, 5.41) is 3.94. The molecule has 4 nitrogen and oxygen atoms in total. The number of carbonyl (C=O) groups is 1. The van der Waals surface area contributed by atoms with Crippen molar-refractivity contribution in [2.24, 2.45) is 0 Å². The van der Waals surface area contributed by atoms with Crippen molar-refractivity contribution < 1.29 is 9.21 Å². The third-order valence-corrected chi connectivity index (χ3v) is 5.17. The lowest BCUT2D eigenvalue weighted by Crippen LogP contribution is -2.14. The zero-order chi connectivity index (χ0) is 20.5. The van der Waals surface area contributed by atoms with E-state index < -0.39 is 0 Å². The molecular formula is C23H18Cl2N2O2. The third-order valence-electron chi connectivity index (χ3n) is 4.59. The zero-order valence-corrected chi connectivity index (χ0v) is 17.4. The summed E-state index contributed by atoms with van der Waals surface area (Å²) in [6.07, 6.45) is 0.221. The second-order valence-corrected chi connectivity index (χ2v) is 7.84. The summed E-state index contributed by atoms with van der Waals surface area (Å²) in [4.78, 5) is 17.0. The molecule has 0 fully saturated rings. The van der Waals surface area contributed by atoms with Gasteiger partial charge in [-0.3, -0.25) is 4.79 Å². The summed E-state index contributed by atoms with van der Waals surface area (Å²) in [6, 6.07) is 16.5. The van der Waals surface area contributed by atoms with Gasteiger partial charge in [-0.25, -0.2) is 4.98 Å². The molecule has 0 saturated carbocycles. The average Bonchev–Trinajstić information content (AvgIpc) is 3.10. The summed E-state index contributed by atoms with van der Waals surface area (Å²) in [5.74, 6) is 0.314. The van der Waals surface area contributed by atoms with Crippen LogP contribution in [0.3, 0.4) is 0 Å². The van der Waals surface area contributed by atoms with Crippen molar-refractivity contribution in [3.05, 3.63) is 81.3 Å². The monoisotopic (exact) mass is 424 g/mol. The lowest BCUT2D eigenvalue weighted by atomic mass is 10.1. The zero-order valence-electron chi connectivity index (χ0n) is 15.9. The molecule has 0 unspecified atom stereocenters. The number of carbonyl (C=O) groups excluding carboxylic acids is 1. The van der Waals surface area contributed by atoms with Gasteiger partial charge in [0.25, 0.3) is 0 Å². The van der Waals surface area contributed by atoms with Crippen LogP contribution in [0.15, 0.2) is 59.0 Å². The Morgan fingerprint density at radius 2 is 1.79 bits per heavy atom. The Labute approximate surface area is 178 Å². The van der Waals surface area contributed by atoms with Gasteiger partial charge in [0, 0.05) is 10.6 Å². The number of halogens is 2. The van der Waals surface area contributed by atoms with Crippen molar-refractivity contribution in [1.82, 2.24) is 4.98 Å². The summed E-state index contributed by atoms with van der Waals surface area (Å²) < 4.78 is 5.97. The number of fused-ring (bicyclic) bond motifs is 1. The van der Waals surface area contributed by atoms with E-state index in [0.29, 0.717) is 21.6 Å². The predicted molar refractivity (Wildman–Crippen MR) is 118 cm³/mol. The van der Waals surface area contributed by atoms with Crippen LogP contribution in [-0.4, -0.2) is 10.9 Å². The highest BCUT2D eigenvalue weighted by atomic mass is 35.5. The highest BCUT2D eigenvalue weighted by Gasteiger charge is 2.14. The fraction of sp³-hybridized carbons (Fsp3) is 0.130. The van der Waals surface area contributed by atoms with Gasteiger partial charge in [-0.1, -0.05) is 41.4 Å². The van der Waals surface area contributed by atoms with E-state index in [4.69, 9.17) is 27.6 Å². The summed E-state index contributed by atoms with van der Waals surface area (Å²) in [5.41, 5.74) is 5.84. The van der Waals surface area contributed by atoms with Gasteiger partial charge in [-0.05, 0) is 66.9 Å². The van der Waals surface area contributed by atoms with Crippen LogP contribution in [0.4, 0.5) is 5.69 Å². The van der Waals surface area contributed by atoms with Gasteiger partial charge in [0.1, 0.15) is 5.52 Å². The van der Waals surface area contributed by atoms with Gasteiger partial charge in [0.05, 0.1) is 17.1 Å². The van der Waals surface area contributed by atoms with E-state index in [2.05, 4.69) is 16.4 Å². The molecule has 6 heteroatoms. The van der Waals surface area contributed by atoms with Gasteiger partial charge in [-0.2, -0.15) is 0 Å². The normalized spacial score (nSPS) is 11.0. The van der Waals surface area contributed by atoms with Crippen molar-refractivity contribution in [2.45, 2.75) is 20.3 Å². The van der Waals surface area contributed by atoms with E-state index in [0.717, 1.165) is 33.4 Å². The van der Waals surface area contributed by atoms with Crippen molar-refractivity contribution >= 4 is 45.9 Å². The van der Waals surface area contributed by atoms with Crippen LogP contribution in [0, 0.1) is 13.8 Å². The molecule has 146 valence electrons. The molecule has 4 aromatic rings. The molecule has 1 N–H and O–H groups in total. The molecule has 0 saturated heterocycles. The maximum Gasteiger partial charge on any atom is 0.228 e. The number of hydrogen-bond donors (Lipinski definition) is 1. The Kier molecular flexibility index (Phi) is 5.31. The molecule has 0 spiro atoms. The first kappa shape index (κ1) is 19.5. The fourth-order valence-corrected chi connectivity index (χ4v) is 3.53. The molecule has 0 atom stereocenters. The van der Waals surface area contributed by atoms with Gasteiger partial charge in [0.15, 0.2) is 5.58 Å². The van der Waals surface area contributed by atoms with Crippen LogP contribution in [0.5, 0.6) is 0 Å². The maximum atomic E-state index is 12.4. The number of amides is 1. The SMILES string of the molecule is Cc1cc(C)c2oc(-c3ccc(Cl)c(NC(=O)Cc4ccc(Cl)cc4)c3)nc2c1. The fourth-order valence-electron chi connectivity index (χ4n) is 3.24. The highest BCUT2D eigenvalue weighted by Crippen LogP contribution is 2.32. The first-order chi connectivity index (χ1) is 13.9. The van der Waals surface area contributed by atoms with Crippen molar-refractivity contribution in [1.29, 1.82) is 0 Å². The Balaban J connectivity index is 1.60. The summed E-state index contributed by atoms with van der Waals surface area (Å²) in [7, 11) is 0. The van der Waals surface area contributed by atoms with Crippen LogP contribution in [0.1, 0.15) is 16.7 Å². The molecule has 0 aliphatic heterocycles. The molecule has 29 heavy (non-hydrogen) atoms. The van der Waals surface area contributed by atoms with Crippen LogP contribution >= 0.6 is 23.2 Å². The van der Waals surface area contributed by atoms with E-state index in [9.17, 15) is 4.79 Å². The molecule has 0 aliphatic rings. The van der Waals surface area contributed by atoms with Crippen LogP contribution in [0.2, 0.25) is 10.0 Å². The lowest BCUT2D eigenvalue weighted by molar-refractivity contribution is -0.115. The number of aromatic nitrogens is 1. The predicted octanol–water partition coefficient (Wildman–Crippen LogP) is 6.60. The number of aryl methyl sites for hydroxylation is 2. The Bertz CT molecular complexity index is 1210. The molecule has 0 radical (unpaired) electrons. The third kappa shape index (κ3) is 4.29. The van der Waals surface area contributed by atoms with Crippen molar-refractivity contribution in [3.63, 3.8) is 0 Å². The molecular weight excluding hydrogens is 407 g/mol. The van der Waals surface area contributed by atoms with Crippen LogP contribution in [0.25, 0.3) is 22.6 Å². The van der Waals surface area contributed by atoms with E-state index in [1.807, 2.05) is 38.1 Å². The Morgan fingerprint density at radius 3 is 2.55 bits per heavy atom. The van der Waals surface area contributed by atoms with Crippen LogP contribution in [-0.2, 0) is 11.2 Å². The summed E-state index contributed by atoms with van der Waals surface area (Å²) in [6.45, 7) is 4.02. The standard InChI is InChI=1S/C23H18Cl2N2O2/c1-13-9-14(2)22-20(10-13)27-23(29-22)16-5-8-18(25)19(12-16)26-21(28)11-15-3-6-17(24)7-4-15/h3-10,12H,11H2,1-2H3,(H,26,28). The summed E-state index contributed by atoms with van der Waals surface area (Å²) >= 11 is 12.2. The van der Waals surface area contributed by atoms with E-state index in [1.54, 1.807) is 24.3 Å². The Morgan fingerprint density at radius 1 is 1.03 bits per heavy atom. The molecule has 4 rings (SSSR count). The minimum absolute atomic E-state index is 0.171. The van der Waals surface area contributed by atoms with Gasteiger partial charge < -0.3 is 9.73 Å². The molecule has 3 aromatic carbocycles. The molecule has 0 aliphatic carbocycles. The first-order valence-corrected chi connectivity index (χ1v) is 9.86. The van der Waals surface area contributed by atoms with Crippen LogP contribution < -0.4 is 5.32 Å². The van der Waals surface area contributed by atoms with Gasteiger partial charge in [-0.15, -0.1) is 0 Å². The number of benzene rings is 3. The number of hydrogen-bond acceptors (Lipinski definition) is 3. The van der Waals surface area contributed by atoms with E-state index in [1.165, 1.54) is 0 Å². The van der Waals surface area contributed by atoms with Gasteiger partial charge >= 0.3 is 0 Å². The largest absolute Gasteiger partial charge is 0.436 e. The molecule has 1 amide bonds. The quantitative estimate of drug-likeness (QED) is 0.401. The minimum atomic E-state index is -0.171. The minimum Gasteiger partial charge on any atom is -0.436 e. The number of rotatable bonds is 4. The number of oxazole rings is 1. The molecule has 1 heterocycles. The van der Waals surface area contributed by atoms with Crippen molar-refractivity contribution in [3.8, 4) is 11.5 Å². The topological polar surface area (TPSA) is 55.1 Å². The lowest BCUT2D eigenvalue weighted by Gasteiger charge is -2.09. The number of anilines is 1. The second kappa shape index (κ2) is 7.90. The average molecular weight is 425 g/mol. The Hall–Kier alpha value is -2.82. The highest BCUT2D eigenvalue weighted by molar-refractivity contribution is 6.33. The molecule has 1 aromatic heterocycles. The van der Waals surface area contributed by atoms with Crippen molar-refractivity contribution in [2.75, 3.05) is 5.32 Å². The van der Waals surface area contributed by atoms with E-state index >= 15 is 0 Å². The smallest absolute Gasteiger partial charge is 0.228 e. The first-order valence-electron chi connectivity index (χ1n) is 9.11.